The highest BCUT2D eigenvalue weighted by Crippen LogP contribution is 2.34. The summed E-state index contributed by atoms with van der Waals surface area (Å²) in [4.78, 5) is 16.1. The topological polar surface area (TPSA) is 68.0 Å². The average molecular weight is 315 g/mol. The molecule has 1 amide bonds. The molecule has 0 bridgehead atoms. The fraction of sp³-hybridized carbons (Fsp3) is 0.231. The van der Waals surface area contributed by atoms with Crippen LogP contribution in [0.2, 0.25) is 0 Å². The van der Waals surface area contributed by atoms with Crippen LogP contribution in [-0.4, -0.2) is 10.9 Å². The first-order chi connectivity index (χ1) is 9.79. The standard InChI is InChI=1S/C13H12F3N3OS/c1-7-19-8(6-21-7)5-18-12(20)9-3-2-4-10(11(9)17)13(14,15)16/h2-4,6H,5,17H2,1H3,(H,18,20). The largest absolute Gasteiger partial charge is 0.418 e. The smallest absolute Gasteiger partial charge is 0.398 e. The number of nitrogens with zero attached hydrogens (tertiary/aromatic N) is 1. The zero-order chi connectivity index (χ0) is 15.6. The minimum Gasteiger partial charge on any atom is -0.398 e. The van der Waals surface area contributed by atoms with E-state index >= 15 is 0 Å². The lowest BCUT2D eigenvalue weighted by atomic mass is 10.1. The third-order valence-electron chi connectivity index (χ3n) is 2.75. The number of aromatic nitrogens is 1. The Morgan fingerprint density at radius 1 is 1.43 bits per heavy atom. The van der Waals surface area contributed by atoms with Crippen molar-refractivity contribution in [2.24, 2.45) is 0 Å². The molecule has 8 heteroatoms. The van der Waals surface area contributed by atoms with E-state index in [1.807, 2.05) is 6.92 Å². The van der Waals surface area contributed by atoms with E-state index in [0.29, 0.717) is 5.69 Å². The molecular formula is C13H12F3N3OS. The first-order valence-corrected chi connectivity index (χ1v) is 6.82. The van der Waals surface area contributed by atoms with Gasteiger partial charge in [-0.25, -0.2) is 4.98 Å². The Labute approximate surface area is 122 Å². The van der Waals surface area contributed by atoms with Gasteiger partial charge in [0, 0.05) is 5.38 Å². The number of rotatable bonds is 3. The number of nitrogens with two attached hydrogens (primary N) is 1. The number of para-hydroxylation sites is 1. The third-order valence-corrected chi connectivity index (χ3v) is 3.58. The van der Waals surface area contributed by atoms with Crippen molar-refractivity contribution >= 4 is 22.9 Å². The molecule has 21 heavy (non-hydrogen) atoms. The van der Waals surface area contributed by atoms with Crippen LogP contribution in [0.5, 0.6) is 0 Å². The van der Waals surface area contributed by atoms with Gasteiger partial charge >= 0.3 is 6.18 Å². The second-order valence-electron chi connectivity index (χ2n) is 4.31. The number of carbonyl (C=O) groups excluding carboxylic acids is 1. The van der Waals surface area contributed by atoms with Gasteiger partial charge in [0.15, 0.2) is 0 Å². The Kier molecular flexibility index (Phi) is 4.17. The molecule has 2 rings (SSSR count). The van der Waals surface area contributed by atoms with E-state index in [2.05, 4.69) is 10.3 Å². The zero-order valence-electron chi connectivity index (χ0n) is 11.0. The van der Waals surface area contributed by atoms with Crippen LogP contribution in [0.15, 0.2) is 23.6 Å². The van der Waals surface area contributed by atoms with Crippen molar-refractivity contribution in [3.05, 3.63) is 45.4 Å². The van der Waals surface area contributed by atoms with Crippen LogP contribution in [-0.2, 0) is 12.7 Å². The zero-order valence-corrected chi connectivity index (χ0v) is 11.8. The number of alkyl halides is 3. The normalized spacial score (nSPS) is 11.4. The predicted octanol–water partition coefficient (Wildman–Crippen LogP) is 2.98. The summed E-state index contributed by atoms with van der Waals surface area (Å²) in [5, 5.41) is 5.12. The summed E-state index contributed by atoms with van der Waals surface area (Å²) in [7, 11) is 0. The van der Waals surface area contributed by atoms with Gasteiger partial charge in [-0.2, -0.15) is 13.2 Å². The van der Waals surface area contributed by atoms with E-state index in [1.54, 1.807) is 5.38 Å². The molecule has 0 fully saturated rings. The molecular weight excluding hydrogens is 303 g/mol. The number of nitrogens with one attached hydrogen (secondary N) is 1. The maximum absolute atomic E-state index is 12.7. The monoisotopic (exact) mass is 315 g/mol. The molecule has 0 unspecified atom stereocenters. The summed E-state index contributed by atoms with van der Waals surface area (Å²) in [5.74, 6) is -0.663. The van der Waals surface area contributed by atoms with Gasteiger partial charge < -0.3 is 11.1 Å². The SMILES string of the molecule is Cc1nc(CNC(=O)c2cccc(C(F)(F)F)c2N)cs1. The molecule has 1 heterocycles. The maximum Gasteiger partial charge on any atom is 0.418 e. The molecule has 0 spiro atoms. The molecule has 2 aromatic rings. The van der Waals surface area contributed by atoms with Gasteiger partial charge in [-0.15, -0.1) is 11.3 Å². The van der Waals surface area contributed by atoms with Crippen LogP contribution >= 0.6 is 11.3 Å². The summed E-state index contributed by atoms with van der Waals surface area (Å²) >= 11 is 1.42. The fourth-order valence-electron chi connectivity index (χ4n) is 1.77. The molecule has 0 radical (unpaired) electrons. The van der Waals surface area contributed by atoms with Crippen molar-refractivity contribution in [1.29, 1.82) is 0 Å². The first-order valence-electron chi connectivity index (χ1n) is 5.94. The fourth-order valence-corrected chi connectivity index (χ4v) is 2.38. The number of benzene rings is 1. The molecule has 0 aliphatic carbocycles. The van der Waals surface area contributed by atoms with Gasteiger partial charge in [-0.05, 0) is 19.1 Å². The van der Waals surface area contributed by atoms with Crippen molar-refractivity contribution in [2.75, 3.05) is 5.73 Å². The molecule has 3 N–H and O–H groups in total. The minimum atomic E-state index is -4.59. The molecule has 0 aliphatic rings. The number of anilines is 1. The number of halogens is 3. The van der Waals surface area contributed by atoms with Crippen LogP contribution in [0.3, 0.4) is 0 Å². The predicted molar refractivity (Wildman–Crippen MR) is 73.9 cm³/mol. The molecule has 1 aromatic heterocycles. The van der Waals surface area contributed by atoms with Gasteiger partial charge in [0.1, 0.15) is 0 Å². The Morgan fingerprint density at radius 2 is 2.14 bits per heavy atom. The van der Waals surface area contributed by atoms with E-state index in [1.165, 1.54) is 17.4 Å². The number of aryl methyl sites for hydroxylation is 1. The molecule has 1 aromatic carbocycles. The second kappa shape index (κ2) is 5.72. The highest BCUT2D eigenvalue weighted by atomic mass is 32.1. The number of carbonyl (C=O) groups is 1. The molecule has 0 atom stereocenters. The van der Waals surface area contributed by atoms with Crippen LogP contribution in [0.1, 0.15) is 26.6 Å². The Balaban J connectivity index is 2.16. The highest BCUT2D eigenvalue weighted by Gasteiger charge is 2.34. The quantitative estimate of drug-likeness (QED) is 0.856. The number of thiazole rings is 1. The molecule has 0 saturated heterocycles. The number of amides is 1. The minimum absolute atomic E-state index is 0.138. The van der Waals surface area contributed by atoms with E-state index < -0.39 is 23.3 Å². The van der Waals surface area contributed by atoms with E-state index in [4.69, 9.17) is 5.73 Å². The van der Waals surface area contributed by atoms with Gasteiger partial charge in [0.25, 0.3) is 5.91 Å². The molecule has 0 aliphatic heterocycles. The summed E-state index contributed by atoms with van der Waals surface area (Å²) in [5.41, 5.74) is 4.31. The summed E-state index contributed by atoms with van der Waals surface area (Å²) in [6, 6.07) is 3.25. The molecule has 0 saturated carbocycles. The summed E-state index contributed by atoms with van der Waals surface area (Å²) in [6.45, 7) is 1.96. The summed E-state index contributed by atoms with van der Waals surface area (Å²) < 4.78 is 38.2. The van der Waals surface area contributed by atoms with Crippen molar-refractivity contribution in [2.45, 2.75) is 19.6 Å². The van der Waals surface area contributed by atoms with Crippen molar-refractivity contribution in [1.82, 2.24) is 10.3 Å². The second-order valence-corrected chi connectivity index (χ2v) is 5.37. The lowest BCUT2D eigenvalue weighted by molar-refractivity contribution is -0.136. The van der Waals surface area contributed by atoms with Gasteiger partial charge in [0.2, 0.25) is 0 Å². The third kappa shape index (κ3) is 3.52. The van der Waals surface area contributed by atoms with Crippen LogP contribution in [0.25, 0.3) is 0 Å². The Morgan fingerprint density at radius 3 is 2.71 bits per heavy atom. The van der Waals surface area contributed by atoms with Crippen LogP contribution in [0, 0.1) is 6.92 Å². The molecule has 4 nitrogen and oxygen atoms in total. The Hall–Kier alpha value is -2.09. The summed E-state index contributed by atoms with van der Waals surface area (Å²) in [6.07, 6.45) is -4.59. The van der Waals surface area contributed by atoms with E-state index in [0.717, 1.165) is 17.1 Å². The first kappa shape index (κ1) is 15.3. The van der Waals surface area contributed by atoms with Gasteiger partial charge in [-0.1, -0.05) is 6.07 Å². The van der Waals surface area contributed by atoms with E-state index in [-0.39, 0.29) is 12.1 Å². The highest BCUT2D eigenvalue weighted by molar-refractivity contribution is 7.09. The molecule has 112 valence electrons. The number of nitrogen functional groups attached to an aromatic ring is 1. The maximum atomic E-state index is 12.7. The Bertz CT molecular complexity index is 667. The van der Waals surface area contributed by atoms with Crippen molar-refractivity contribution in [3.8, 4) is 0 Å². The van der Waals surface area contributed by atoms with Crippen LogP contribution in [0.4, 0.5) is 18.9 Å². The van der Waals surface area contributed by atoms with Crippen molar-refractivity contribution in [3.63, 3.8) is 0 Å². The number of hydrogen-bond donors (Lipinski definition) is 2. The van der Waals surface area contributed by atoms with Gasteiger partial charge in [-0.3, -0.25) is 4.79 Å². The van der Waals surface area contributed by atoms with Gasteiger partial charge in [0.05, 0.1) is 34.1 Å². The lowest BCUT2D eigenvalue weighted by Crippen LogP contribution is -2.25. The van der Waals surface area contributed by atoms with E-state index in [9.17, 15) is 18.0 Å². The van der Waals surface area contributed by atoms with Crippen molar-refractivity contribution < 1.29 is 18.0 Å². The lowest BCUT2D eigenvalue weighted by Gasteiger charge is -2.13. The average Bonchev–Trinajstić information content (AvgIpc) is 2.80. The van der Waals surface area contributed by atoms with Crippen LogP contribution < -0.4 is 11.1 Å². The number of hydrogen-bond acceptors (Lipinski definition) is 4.